The molecule has 2 heterocycles. The van der Waals surface area contributed by atoms with Crippen molar-refractivity contribution in [2.24, 2.45) is 0 Å². The molecule has 21 heavy (non-hydrogen) atoms. The first-order valence-electron chi connectivity index (χ1n) is 6.56. The molecule has 9 heteroatoms. The van der Waals surface area contributed by atoms with Gasteiger partial charge in [-0.25, -0.2) is 4.98 Å². The van der Waals surface area contributed by atoms with Crippen molar-refractivity contribution in [1.29, 1.82) is 0 Å². The van der Waals surface area contributed by atoms with E-state index in [0.29, 0.717) is 13.1 Å². The molecule has 116 valence electrons. The van der Waals surface area contributed by atoms with Crippen molar-refractivity contribution in [2.45, 2.75) is 19.0 Å². The third-order valence-electron chi connectivity index (χ3n) is 3.12. The molecule has 0 atom stereocenters. The van der Waals surface area contributed by atoms with Gasteiger partial charge < -0.3 is 15.5 Å². The van der Waals surface area contributed by atoms with E-state index in [2.05, 4.69) is 20.6 Å². The molecule has 0 spiro atoms. The quantitative estimate of drug-likeness (QED) is 0.883. The molecule has 1 saturated heterocycles. The zero-order chi connectivity index (χ0) is 15.5. The summed E-state index contributed by atoms with van der Waals surface area (Å²) in [6.45, 7) is 1.30. The van der Waals surface area contributed by atoms with Crippen LogP contribution in [0, 0.1) is 0 Å². The highest BCUT2D eigenvalue weighted by Crippen LogP contribution is 2.29. The molecule has 1 aromatic rings. The molecular weight excluding hydrogens is 287 g/mol. The molecule has 0 radical (unpaired) electrons. The fraction of sp³-hybridized carbons (Fsp3) is 0.583. The number of halogens is 3. The van der Waals surface area contributed by atoms with Gasteiger partial charge in [0.25, 0.3) is 0 Å². The van der Waals surface area contributed by atoms with Crippen LogP contribution in [-0.2, 0) is 11.0 Å². The lowest BCUT2D eigenvalue weighted by Gasteiger charge is -2.16. The van der Waals surface area contributed by atoms with Crippen LogP contribution in [0.4, 0.5) is 24.9 Å². The molecule has 1 fully saturated rings. The lowest BCUT2D eigenvalue weighted by atomic mass is 10.3. The predicted octanol–water partition coefficient (Wildman–Crippen LogP) is 1.57. The zero-order valence-electron chi connectivity index (χ0n) is 11.5. The summed E-state index contributed by atoms with van der Waals surface area (Å²) in [6, 6.07) is 0.790. The molecule has 1 aliphatic heterocycles. The van der Waals surface area contributed by atoms with Gasteiger partial charge in [0, 0.05) is 26.2 Å². The van der Waals surface area contributed by atoms with Crippen molar-refractivity contribution in [2.75, 3.05) is 37.3 Å². The van der Waals surface area contributed by atoms with Gasteiger partial charge in [0.1, 0.15) is 5.82 Å². The summed E-state index contributed by atoms with van der Waals surface area (Å²) in [5.41, 5.74) is -1.06. The van der Waals surface area contributed by atoms with Crippen molar-refractivity contribution < 1.29 is 18.0 Å². The maximum absolute atomic E-state index is 12.7. The topological polar surface area (TPSA) is 70.2 Å². The second-order valence-corrected chi connectivity index (χ2v) is 4.65. The fourth-order valence-electron chi connectivity index (χ4n) is 2.04. The van der Waals surface area contributed by atoms with E-state index in [4.69, 9.17) is 0 Å². The molecule has 0 aliphatic carbocycles. The first-order valence-corrected chi connectivity index (χ1v) is 6.56. The van der Waals surface area contributed by atoms with Crippen molar-refractivity contribution >= 4 is 17.7 Å². The minimum absolute atomic E-state index is 0.0331. The van der Waals surface area contributed by atoms with Gasteiger partial charge in [-0.15, -0.1) is 0 Å². The van der Waals surface area contributed by atoms with Gasteiger partial charge in [0.2, 0.25) is 11.9 Å². The Hall–Kier alpha value is -2.06. The Labute approximate surface area is 119 Å². The Morgan fingerprint density at radius 2 is 2.00 bits per heavy atom. The number of hydrogen-bond donors (Lipinski definition) is 2. The van der Waals surface area contributed by atoms with E-state index < -0.39 is 11.9 Å². The van der Waals surface area contributed by atoms with E-state index in [9.17, 15) is 18.0 Å². The third-order valence-corrected chi connectivity index (χ3v) is 3.12. The summed E-state index contributed by atoms with van der Waals surface area (Å²) in [5.74, 6) is -0.333. The minimum atomic E-state index is -4.57. The zero-order valence-corrected chi connectivity index (χ0v) is 11.5. The Morgan fingerprint density at radius 3 is 2.57 bits per heavy atom. The summed E-state index contributed by atoms with van der Waals surface area (Å²) in [6.07, 6.45) is -2.65. The summed E-state index contributed by atoms with van der Waals surface area (Å²) in [4.78, 5) is 20.7. The van der Waals surface area contributed by atoms with Gasteiger partial charge in [-0.1, -0.05) is 0 Å². The highest BCUT2D eigenvalue weighted by Gasteiger charge is 2.33. The molecule has 1 aromatic heterocycles. The number of amides is 1. The van der Waals surface area contributed by atoms with E-state index in [-0.39, 0.29) is 24.2 Å². The van der Waals surface area contributed by atoms with Gasteiger partial charge in [0.05, 0.1) is 6.54 Å². The van der Waals surface area contributed by atoms with Gasteiger partial charge in [-0.05, 0) is 12.8 Å². The van der Waals surface area contributed by atoms with Gasteiger partial charge in [-0.3, -0.25) is 4.79 Å². The van der Waals surface area contributed by atoms with Gasteiger partial charge >= 0.3 is 6.18 Å². The molecule has 0 bridgehead atoms. The average Bonchev–Trinajstić information content (AvgIpc) is 2.97. The normalized spacial score (nSPS) is 15.1. The maximum atomic E-state index is 12.7. The molecular formula is C12H16F3N5O. The van der Waals surface area contributed by atoms with E-state index in [1.165, 1.54) is 7.05 Å². The average molecular weight is 303 g/mol. The number of rotatable bonds is 4. The molecule has 0 unspecified atom stereocenters. The summed E-state index contributed by atoms with van der Waals surface area (Å²) in [7, 11) is 1.43. The highest BCUT2D eigenvalue weighted by molar-refractivity contribution is 5.80. The van der Waals surface area contributed by atoms with Crippen molar-refractivity contribution in [1.82, 2.24) is 14.9 Å². The second-order valence-electron chi connectivity index (χ2n) is 4.65. The number of nitrogens with zero attached hydrogens (tertiary/aromatic N) is 3. The number of likely N-dealkylation sites (tertiary alicyclic amines) is 1. The Bertz CT molecular complexity index is 514. The largest absolute Gasteiger partial charge is 0.433 e. The molecule has 2 rings (SSSR count). The summed E-state index contributed by atoms with van der Waals surface area (Å²) >= 11 is 0. The molecule has 1 aliphatic rings. The lowest BCUT2D eigenvalue weighted by molar-refractivity contribution is -0.141. The fourth-order valence-corrected chi connectivity index (χ4v) is 2.04. The van der Waals surface area contributed by atoms with Crippen LogP contribution in [0.25, 0.3) is 0 Å². The number of alkyl halides is 3. The molecule has 2 N–H and O–H groups in total. The molecule has 6 nitrogen and oxygen atoms in total. The van der Waals surface area contributed by atoms with Gasteiger partial charge in [0.15, 0.2) is 5.69 Å². The van der Waals surface area contributed by atoms with Crippen LogP contribution < -0.4 is 10.6 Å². The van der Waals surface area contributed by atoms with Crippen LogP contribution >= 0.6 is 0 Å². The monoisotopic (exact) mass is 303 g/mol. The Balaban J connectivity index is 2.06. The summed E-state index contributed by atoms with van der Waals surface area (Å²) in [5, 5.41) is 5.09. The SMILES string of the molecule is CNc1nc(NCC(=O)N2CCCC2)cc(C(F)(F)F)n1. The van der Waals surface area contributed by atoms with E-state index in [0.717, 1.165) is 18.9 Å². The maximum Gasteiger partial charge on any atom is 0.433 e. The Kier molecular flexibility index (Phi) is 4.49. The van der Waals surface area contributed by atoms with E-state index in [1.807, 2.05) is 0 Å². The first-order chi connectivity index (χ1) is 9.90. The van der Waals surface area contributed by atoms with Crippen LogP contribution in [0.1, 0.15) is 18.5 Å². The first kappa shape index (κ1) is 15.3. The standard InChI is InChI=1S/C12H16F3N5O/c1-16-11-18-8(12(13,14)15)6-9(19-11)17-7-10(21)20-4-2-3-5-20/h6H,2-5,7H2,1H3,(H2,16,17,18,19). The van der Waals surface area contributed by atoms with Crippen molar-refractivity contribution in [3.05, 3.63) is 11.8 Å². The number of aromatic nitrogens is 2. The molecule has 1 amide bonds. The molecule has 0 aromatic carbocycles. The van der Waals surface area contributed by atoms with Crippen LogP contribution in [0.5, 0.6) is 0 Å². The number of carbonyl (C=O) groups excluding carboxylic acids is 1. The number of nitrogens with one attached hydrogen (secondary N) is 2. The Morgan fingerprint density at radius 1 is 1.33 bits per heavy atom. The number of anilines is 2. The second kappa shape index (κ2) is 6.15. The minimum Gasteiger partial charge on any atom is -0.361 e. The number of hydrogen-bond acceptors (Lipinski definition) is 5. The van der Waals surface area contributed by atoms with Crippen molar-refractivity contribution in [3.8, 4) is 0 Å². The van der Waals surface area contributed by atoms with Crippen molar-refractivity contribution in [3.63, 3.8) is 0 Å². The predicted molar refractivity (Wildman–Crippen MR) is 70.9 cm³/mol. The molecule has 0 saturated carbocycles. The van der Waals surface area contributed by atoms with Crippen LogP contribution in [-0.4, -0.2) is 47.5 Å². The van der Waals surface area contributed by atoms with Crippen LogP contribution in [0.2, 0.25) is 0 Å². The van der Waals surface area contributed by atoms with Crippen LogP contribution in [0.3, 0.4) is 0 Å². The highest BCUT2D eigenvalue weighted by atomic mass is 19.4. The van der Waals surface area contributed by atoms with E-state index in [1.54, 1.807) is 4.90 Å². The van der Waals surface area contributed by atoms with E-state index >= 15 is 0 Å². The lowest BCUT2D eigenvalue weighted by Crippen LogP contribution is -2.33. The number of carbonyl (C=O) groups is 1. The smallest absolute Gasteiger partial charge is 0.361 e. The summed E-state index contributed by atoms with van der Waals surface area (Å²) < 4.78 is 38.1. The third kappa shape index (κ3) is 3.96. The van der Waals surface area contributed by atoms with Gasteiger partial charge in [-0.2, -0.15) is 18.2 Å². The van der Waals surface area contributed by atoms with Crippen LogP contribution in [0.15, 0.2) is 6.07 Å².